The average Bonchev–Trinajstić information content (AvgIpc) is 2.22. The molecule has 0 amide bonds. The fourth-order valence-electron chi connectivity index (χ4n) is 1.41. The predicted octanol–water partition coefficient (Wildman–Crippen LogP) is 1.42. The Labute approximate surface area is 88.6 Å². The van der Waals surface area contributed by atoms with Crippen LogP contribution in [0.2, 0.25) is 0 Å². The molecule has 0 aromatic carbocycles. The Morgan fingerprint density at radius 1 is 1.43 bits per heavy atom. The SMILES string of the molecule is CCn1c(O)c(S)n(C(C)(C)C)c1=O. The highest BCUT2D eigenvalue weighted by molar-refractivity contribution is 7.80. The third-order valence-electron chi connectivity index (χ3n) is 2.08. The fraction of sp³-hybridized carbons (Fsp3) is 0.667. The number of hydrogen-bond donors (Lipinski definition) is 2. The Morgan fingerprint density at radius 3 is 2.14 bits per heavy atom. The fourth-order valence-corrected chi connectivity index (χ4v) is 1.92. The lowest BCUT2D eigenvalue weighted by molar-refractivity contribution is 0.352. The number of thiol groups is 1. The lowest BCUT2D eigenvalue weighted by Crippen LogP contribution is -2.35. The molecule has 0 aliphatic heterocycles. The van der Waals surface area contributed by atoms with E-state index in [-0.39, 0.29) is 17.1 Å². The van der Waals surface area contributed by atoms with E-state index in [9.17, 15) is 9.90 Å². The van der Waals surface area contributed by atoms with Crippen molar-refractivity contribution in [3.63, 3.8) is 0 Å². The van der Waals surface area contributed by atoms with E-state index in [1.54, 1.807) is 6.92 Å². The van der Waals surface area contributed by atoms with Gasteiger partial charge in [0, 0.05) is 12.1 Å². The van der Waals surface area contributed by atoms with Gasteiger partial charge in [0.25, 0.3) is 0 Å². The summed E-state index contributed by atoms with van der Waals surface area (Å²) < 4.78 is 2.78. The molecule has 1 rings (SSSR count). The summed E-state index contributed by atoms with van der Waals surface area (Å²) in [4.78, 5) is 11.8. The van der Waals surface area contributed by atoms with Gasteiger partial charge in [0.1, 0.15) is 5.03 Å². The van der Waals surface area contributed by atoms with Gasteiger partial charge in [-0.3, -0.25) is 9.13 Å². The van der Waals surface area contributed by atoms with Gasteiger partial charge < -0.3 is 5.11 Å². The van der Waals surface area contributed by atoms with Crippen LogP contribution in [0, 0.1) is 0 Å². The van der Waals surface area contributed by atoms with Gasteiger partial charge in [-0.05, 0) is 27.7 Å². The molecule has 1 aromatic heterocycles. The van der Waals surface area contributed by atoms with Crippen LogP contribution in [0.15, 0.2) is 9.82 Å². The van der Waals surface area contributed by atoms with Crippen LogP contribution in [-0.2, 0) is 12.1 Å². The third kappa shape index (κ3) is 1.56. The van der Waals surface area contributed by atoms with Crippen LogP contribution in [0.1, 0.15) is 27.7 Å². The molecule has 80 valence electrons. The second kappa shape index (κ2) is 3.38. The standard InChI is InChI=1S/C9H16N2O2S/c1-5-10-6(12)7(14)11(8(10)13)9(2,3)4/h12,14H,5H2,1-4H3. The summed E-state index contributed by atoms with van der Waals surface area (Å²) in [5.74, 6) is -0.0595. The Balaban J connectivity index is 3.55. The van der Waals surface area contributed by atoms with Gasteiger partial charge in [0.15, 0.2) is 0 Å². The van der Waals surface area contributed by atoms with Crippen molar-refractivity contribution in [1.82, 2.24) is 9.13 Å². The maximum Gasteiger partial charge on any atom is 0.332 e. The van der Waals surface area contributed by atoms with E-state index >= 15 is 0 Å². The van der Waals surface area contributed by atoms with Crippen LogP contribution in [0.4, 0.5) is 0 Å². The van der Waals surface area contributed by atoms with Crippen molar-refractivity contribution in [2.75, 3.05) is 0 Å². The molecule has 0 aliphatic rings. The summed E-state index contributed by atoms with van der Waals surface area (Å²) in [5.41, 5.74) is -0.589. The van der Waals surface area contributed by atoms with E-state index in [0.29, 0.717) is 11.6 Å². The monoisotopic (exact) mass is 216 g/mol. The molecule has 0 saturated heterocycles. The molecule has 0 unspecified atom stereocenters. The topological polar surface area (TPSA) is 47.2 Å². The minimum absolute atomic E-state index is 0.0595. The van der Waals surface area contributed by atoms with Gasteiger partial charge in [-0.15, -0.1) is 12.6 Å². The lowest BCUT2D eigenvalue weighted by atomic mass is 10.1. The van der Waals surface area contributed by atoms with Crippen LogP contribution < -0.4 is 5.69 Å². The summed E-state index contributed by atoms with van der Waals surface area (Å²) in [5, 5.41) is 9.95. The highest BCUT2D eigenvalue weighted by Crippen LogP contribution is 2.25. The number of aromatic hydroxyl groups is 1. The van der Waals surface area contributed by atoms with E-state index in [2.05, 4.69) is 12.6 Å². The van der Waals surface area contributed by atoms with Crippen molar-refractivity contribution in [2.45, 2.75) is 44.8 Å². The third-order valence-corrected chi connectivity index (χ3v) is 2.48. The minimum Gasteiger partial charge on any atom is -0.492 e. The molecule has 0 radical (unpaired) electrons. The van der Waals surface area contributed by atoms with Crippen LogP contribution in [0.3, 0.4) is 0 Å². The molecule has 1 heterocycles. The highest BCUT2D eigenvalue weighted by Gasteiger charge is 2.24. The van der Waals surface area contributed by atoms with Crippen molar-refractivity contribution < 1.29 is 5.11 Å². The van der Waals surface area contributed by atoms with Gasteiger partial charge in [0.05, 0.1) is 0 Å². The van der Waals surface area contributed by atoms with Crippen LogP contribution in [0.25, 0.3) is 0 Å². The highest BCUT2D eigenvalue weighted by atomic mass is 32.1. The largest absolute Gasteiger partial charge is 0.492 e. The smallest absolute Gasteiger partial charge is 0.332 e. The van der Waals surface area contributed by atoms with Gasteiger partial charge >= 0.3 is 5.69 Å². The van der Waals surface area contributed by atoms with Crippen molar-refractivity contribution in [2.24, 2.45) is 0 Å². The summed E-state index contributed by atoms with van der Waals surface area (Å²) in [7, 11) is 0. The first-order valence-electron chi connectivity index (χ1n) is 4.54. The second-order valence-electron chi connectivity index (χ2n) is 4.18. The van der Waals surface area contributed by atoms with Gasteiger partial charge in [-0.2, -0.15) is 0 Å². The van der Waals surface area contributed by atoms with Gasteiger partial charge in [-0.25, -0.2) is 4.79 Å². The molecule has 0 fully saturated rings. The van der Waals surface area contributed by atoms with E-state index in [4.69, 9.17) is 0 Å². The minimum atomic E-state index is -0.369. The molecule has 1 N–H and O–H groups in total. The summed E-state index contributed by atoms with van der Waals surface area (Å²) in [6.45, 7) is 7.94. The van der Waals surface area contributed by atoms with Gasteiger partial charge in [0.2, 0.25) is 5.88 Å². The number of hydrogen-bond acceptors (Lipinski definition) is 3. The molecule has 0 saturated carbocycles. The molecule has 0 bridgehead atoms. The van der Waals surface area contributed by atoms with E-state index < -0.39 is 0 Å². The Morgan fingerprint density at radius 2 is 1.93 bits per heavy atom. The number of rotatable bonds is 1. The summed E-state index contributed by atoms with van der Waals surface area (Å²) in [6.07, 6.45) is 0. The van der Waals surface area contributed by atoms with Crippen molar-refractivity contribution >= 4 is 12.6 Å². The van der Waals surface area contributed by atoms with Crippen LogP contribution >= 0.6 is 12.6 Å². The molecular formula is C9H16N2O2S. The molecule has 14 heavy (non-hydrogen) atoms. The average molecular weight is 216 g/mol. The molecule has 0 aliphatic carbocycles. The van der Waals surface area contributed by atoms with E-state index in [1.165, 1.54) is 9.13 Å². The molecular weight excluding hydrogens is 200 g/mol. The maximum absolute atomic E-state index is 11.8. The van der Waals surface area contributed by atoms with Crippen LogP contribution in [-0.4, -0.2) is 14.2 Å². The molecule has 4 nitrogen and oxygen atoms in total. The zero-order valence-electron chi connectivity index (χ0n) is 8.90. The molecule has 5 heteroatoms. The Hall–Kier alpha value is -0.840. The zero-order chi connectivity index (χ0) is 11.1. The van der Waals surface area contributed by atoms with Gasteiger partial charge in [-0.1, -0.05) is 0 Å². The zero-order valence-corrected chi connectivity index (χ0v) is 9.80. The van der Waals surface area contributed by atoms with Crippen molar-refractivity contribution in [3.05, 3.63) is 10.5 Å². The molecule has 0 spiro atoms. The number of nitrogens with zero attached hydrogens (tertiary/aromatic N) is 2. The number of imidazole rings is 1. The first kappa shape index (κ1) is 11.2. The second-order valence-corrected chi connectivity index (χ2v) is 4.60. The van der Waals surface area contributed by atoms with Crippen LogP contribution in [0.5, 0.6) is 5.88 Å². The number of aromatic nitrogens is 2. The maximum atomic E-state index is 11.8. The van der Waals surface area contributed by atoms with E-state index in [0.717, 1.165) is 0 Å². The van der Waals surface area contributed by atoms with Crippen molar-refractivity contribution in [3.8, 4) is 5.88 Å². The summed E-state index contributed by atoms with van der Waals surface area (Å²) >= 11 is 4.14. The first-order chi connectivity index (χ1) is 6.30. The Kier molecular flexibility index (Phi) is 2.71. The lowest BCUT2D eigenvalue weighted by Gasteiger charge is -2.20. The molecule has 1 aromatic rings. The van der Waals surface area contributed by atoms with Crippen molar-refractivity contribution in [1.29, 1.82) is 0 Å². The van der Waals surface area contributed by atoms with E-state index in [1.807, 2.05) is 20.8 Å². The normalized spacial score (nSPS) is 12.1. The molecule has 0 atom stereocenters. The summed E-state index contributed by atoms with van der Waals surface area (Å²) in [6, 6.07) is 0. The Bertz CT molecular complexity index is 398. The predicted molar refractivity (Wildman–Crippen MR) is 58.3 cm³/mol. The quantitative estimate of drug-likeness (QED) is 0.697. The first-order valence-corrected chi connectivity index (χ1v) is 4.99.